The van der Waals surface area contributed by atoms with Crippen LogP contribution in [0.2, 0.25) is 0 Å². The Labute approximate surface area is 235 Å². The quantitative estimate of drug-likeness (QED) is 0.548. The molecule has 3 fully saturated rings. The zero-order valence-corrected chi connectivity index (χ0v) is 23.3. The van der Waals surface area contributed by atoms with Crippen molar-refractivity contribution in [1.82, 2.24) is 9.80 Å². The fourth-order valence-electron chi connectivity index (χ4n) is 7.73. The highest BCUT2D eigenvalue weighted by Gasteiger charge is 2.74. The second-order valence-corrected chi connectivity index (χ2v) is 11.7. The maximum Gasteiger partial charge on any atom is 0.249 e. The summed E-state index contributed by atoms with van der Waals surface area (Å²) in [5, 5.41) is 9.92. The van der Waals surface area contributed by atoms with Gasteiger partial charge in [0.25, 0.3) is 0 Å². The molecule has 0 radical (unpaired) electrons. The first-order valence-corrected chi connectivity index (χ1v) is 14.7. The second-order valence-electron chi connectivity index (χ2n) is 11.7. The number of aliphatic hydroxyl groups excluding tert-OH is 1. The largest absolute Gasteiger partial charge is 0.494 e. The van der Waals surface area contributed by atoms with Gasteiger partial charge < -0.3 is 29.3 Å². The van der Waals surface area contributed by atoms with Crippen molar-refractivity contribution in [3.05, 3.63) is 48.6 Å². The summed E-state index contributed by atoms with van der Waals surface area (Å²) in [5.74, 6) is -1.69. The minimum Gasteiger partial charge on any atom is -0.494 e. The number of benzene rings is 1. The molecule has 1 spiro atoms. The number of rotatable bonds is 6. The molecule has 9 nitrogen and oxygen atoms in total. The van der Waals surface area contributed by atoms with E-state index in [1.807, 2.05) is 67.3 Å². The lowest BCUT2D eigenvalue weighted by Crippen LogP contribution is -2.58. The predicted molar refractivity (Wildman–Crippen MR) is 149 cm³/mol. The minimum atomic E-state index is -1.30. The summed E-state index contributed by atoms with van der Waals surface area (Å²) in [6.45, 7) is 4.83. The second kappa shape index (κ2) is 10.3. The molecule has 0 aromatic heterocycles. The third-order valence-corrected chi connectivity index (χ3v) is 9.40. The molecule has 40 heavy (non-hydrogen) atoms. The van der Waals surface area contributed by atoms with Crippen LogP contribution in [0.25, 0.3) is 0 Å². The van der Waals surface area contributed by atoms with Crippen LogP contribution in [0.4, 0.5) is 5.69 Å². The zero-order chi connectivity index (χ0) is 28.1. The Kier molecular flexibility index (Phi) is 6.99. The molecule has 2 saturated heterocycles. The van der Waals surface area contributed by atoms with Crippen molar-refractivity contribution in [1.29, 1.82) is 0 Å². The Balaban J connectivity index is 1.40. The van der Waals surface area contributed by atoms with E-state index >= 15 is 0 Å². The Bertz CT molecular complexity index is 1220. The van der Waals surface area contributed by atoms with E-state index in [9.17, 15) is 19.5 Å². The fourth-order valence-corrected chi connectivity index (χ4v) is 7.73. The Morgan fingerprint density at radius 1 is 0.950 bits per heavy atom. The highest BCUT2D eigenvalue weighted by atomic mass is 16.5. The third-order valence-electron chi connectivity index (χ3n) is 9.40. The first kappa shape index (κ1) is 27.0. The minimum absolute atomic E-state index is 0.0132. The standard InChI is InChI=1S/C31H39N3O6/c1-3-39-23-13-11-22(12-14-23)32-17-7-15-30(2)24(27(32)36)25-28(37)34(19-20-35)26-29(38)33(21-9-5-4-6-10-21)18-8-16-31(25,26)40-30/h7-8,11-16,21,24-26,35H,3-6,9-10,17-20H2,1-2H3/t24-,25-,26?,30+,31-/m0/s1. The lowest BCUT2D eigenvalue weighted by atomic mass is 9.74. The van der Waals surface area contributed by atoms with Crippen molar-refractivity contribution in [2.24, 2.45) is 11.8 Å². The van der Waals surface area contributed by atoms with Crippen LogP contribution in [0, 0.1) is 11.8 Å². The molecule has 1 aromatic carbocycles. The van der Waals surface area contributed by atoms with E-state index in [4.69, 9.17) is 9.47 Å². The van der Waals surface area contributed by atoms with Gasteiger partial charge in [0.1, 0.15) is 17.4 Å². The summed E-state index contributed by atoms with van der Waals surface area (Å²) >= 11 is 0. The van der Waals surface area contributed by atoms with Gasteiger partial charge in [-0.1, -0.05) is 43.6 Å². The van der Waals surface area contributed by atoms with Crippen molar-refractivity contribution in [3.63, 3.8) is 0 Å². The molecule has 1 aliphatic carbocycles. The summed E-state index contributed by atoms with van der Waals surface area (Å²) < 4.78 is 12.4. The summed E-state index contributed by atoms with van der Waals surface area (Å²) in [7, 11) is 0. The smallest absolute Gasteiger partial charge is 0.249 e. The molecular formula is C31H39N3O6. The molecule has 214 valence electrons. The van der Waals surface area contributed by atoms with Gasteiger partial charge >= 0.3 is 0 Å². The maximum absolute atomic E-state index is 14.4. The Morgan fingerprint density at radius 3 is 2.38 bits per heavy atom. The van der Waals surface area contributed by atoms with Crippen molar-refractivity contribution in [2.75, 3.05) is 37.7 Å². The van der Waals surface area contributed by atoms with E-state index in [2.05, 4.69) is 0 Å². The van der Waals surface area contributed by atoms with E-state index in [1.54, 1.807) is 4.90 Å². The lowest BCUT2D eigenvalue weighted by molar-refractivity contribution is -0.153. The fraction of sp³-hybridized carbons (Fsp3) is 0.581. The van der Waals surface area contributed by atoms with Crippen molar-refractivity contribution < 1.29 is 29.0 Å². The zero-order valence-electron chi connectivity index (χ0n) is 23.3. The number of ether oxygens (including phenoxy) is 2. The number of likely N-dealkylation sites (tertiary alicyclic amines) is 1. The van der Waals surface area contributed by atoms with Crippen LogP contribution in [-0.2, 0) is 19.1 Å². The van der Waals surface area contributed by atoms with Gasteiger partial charge in [0.15, 0.2) is 0 Å². The summed E-state index contributed by atoms with van der Waals surface area (Å²) in [4.78, 5) is 48.0. The predicted octanol–water partition coefficient (Wildman–Crippen LogP) is 2.68. The maximum atomic E-state index is 14.4. The average Bonchev–Trinajstić information content (AvgIpc) is 3.21. The van der Waals surface area contributed by atoms with Gasteiger partial charge in [-0.15, -0.1) is 0 Å². The number of carbonyl (C=O) groups excluding carboxylic acids is 3. The van der Waals surface area contributed by atoms with Gasteiger partial charge in [-0.25, -0.2) is 0 Å². The number of aliphatic hydroxyl groups is 1. The molecule has 4 heterocycles. The van der Waals surface area contributed by atoms with Gasteiger partial charge in [-0.3, -0.25) is 14.4 Å². The van der Waals surface area contributed by atoms with Gasteiger partial charge in [-0.2, -0.15) is 0 Å². The normalized spacial score (nSPS) is 34.0. The van der Waals surface area contributed by atoms with Crippen LogP contribution in [0.5, 0.6) is 5.75 Å². The van der Waals surface area contributed by atoms with Crippen LogP contribution >= 0.6 is 0 Å². The van der Waals surface area contributed by atoms with Crippen LogP contribution < -0.4 is 9.64 Å². The summed E-state index contributed by atoms with van der Waals surface area (Å²) in [5.41, 5.74) is -1.67. The number of amides is 3. The van der Waals surface area contributed by atoms with Gasteiger partial charge in [-0.05, 0) is 51.0 Å². The monoisotopic (exact) mass is 549 g/mol. The molecular weight excluding hydrogens is 510 g/mol. The molecule has 0 bridgehead atoms. The number of nitrogens with zero attached hydrogens (tertiary/aromatic N) is 3. The molecule has 3 amide bonds. The van der Waals surface area contributed by atoms with Gasteiger partial charge in [0.05, 0.1) is 30.7 Å². The summed E-state index contributed by atoms with van der Waals surface area (Å²) in [6, 6.07) is 6.54. The van der Waals surface area contributed by atoms with Gasteiger partial charge in [0.2, 0.25) is 17.7 Å². The first-order chi connectivity index (χ1) is 19.3. The van der Waals surface area contributed by atoms with Crippen LogP contribution in [0.1, 0.15) is 46.0 Å². The number of β-amino-alcohol motifs (C(OH)–C–C–N with tert-alkyl or cyclic N) is 1. The average molecular weight is 550 g/mol. The number of fused-ring (bicyclic) bond motifs is 2. The number of hydrogen-bond acceptors (Lipinski definition) is 6. The first-order valence-electron chi connectivity index (χ1n) is 14.7. The SMILES string of the molecule is CCOc1ccc(N2CC=C[C@@]3(C)O[C@]45C=CCN(C6CCCCC6)C(=O)C4N(CCO)C(=O)[C@@H]5[C@H]3C2=O)cc1. The van der Waals surface area contributed by atoms with Gasteiger partial charge in [0, 0.05) is 31.4 Å². The molecule has 4 aliphatic heterocycles. The Hall–Kier alpha value is -3.17. The number of hydrogen-bond donors (Lipinski definition) is 1. The van der Waals surface area contributed by atoms with E-state index < -0.39 is 29.1 Å². The van der Waals surface area contributed by atoms with E-state index in [-0.39, 0.29) is 36.9 Å². The van der Waals surface area contributed by atoms with Crippen molar-refractivity contribution >= 4 is 23.4 Å². The van der Waals surface area contributed by atoms with E-state index in [1.165, 1.54) is 11.3 Å². The van der Waals surface area contributed by atoms with Crippen molar-refractivity contribution in [2.45, 2.75) is 69.2 Å². The molecule has 5 aliphatic rings. The van der Waals surface area contributed by atoms with Crippen LogP contribution in [0.3, 0.4) is 0 Å². The molecule has 1 saturated carbocycles. The highest BCUT2D eigenvalue weighted by molar-refractivity contribution is 6.04. The third kappa shape index (κ3) is 4.08. The molecule has 1 unspecified atom stereocenters. The summed E-state index contributed by atoms with van der Waals surface area (Å²) in [6.07, 6.45) is 12.8. The number of anilines is 1. The van der Waals surface area contributed by atoms with E-state index in [0.717, 1.165) is 31.4 Å². The van der Waals surface area contributed by atoms with Crippen LogP contribution in [0.15, 0.2) is 48.6 Å². The van der Waals surface area contributed by atoms with Crippen molar-refractivity contribution in [3.8, 4) is 5.75 Å². The molecule has 1 aromatic rings. The van der Waals surface area contributed by atoms with E-state index in [0.29, 0.717) is 25.4 Å². The highest BCUT2D eigenvalue weighted by Crippen LogP contribution is 2.57. The van der Waals surface area contributed by atoms with Crippen LogP contribution in [-0.4, -0.2) is 88.8 Å². The Morgan fingerprint density at radius 2 is 1.68 bits per heavy atom. The molecule has 9 heteroatoms. The molecule has 6 rings (SSSR count). The lowest BCUT2D eigenvalue weighted by Gasteiger charge is -2.40. The number of carbonyl (C=O) groups is 3. The topological polar surface area (TPSA) is 99.6 Å². The molecule has 5 atom stereocenters. The molecule has 1 N–H and O–H groups in total.